The number of carbonyl (C=O) groups excluding carboxylic acids is 2. The van der Waals surface area contributed by atoms with Gasteiger partial charge in [-0.05, 0) is 63.7 Å². The summed E-state index contributed by atoms with van der Waals surface area (Å²) in [6.45, 7) is 6.16. The number of anilines is 1. The van der Waals surface area contributed by atoms with Gasteiger partial charge in [0.2, 0.25) is 5.91 Å². The molecule has 6 atom stereocenters. The van der Waals surface area contributed by atoms with Gasteiger partial charge in [-0.15, -0.1) is 0 Å². The van der Waals surface area contributed by atoms with Crippen LogP contribution in [0.25, 0.3) is 0 Å². The van der Waals surface area contributed by atoms with Crippen molar-refractivity contribution in [2.24, 2.45) is 22.7 Å². The van der Waals surface area contributed by atoms with Crippen LogP contribution in [0.1, 0.15) is 63.2 Å². The summed E-state index contributed by atoms with van der Waals surface area (Å²) in [4.78, 5) is 37.3. The summed E-state index contributed by atoms with van der Waals surface area (Å²) < 4.78 is 6.46. The quantitative estimate of drug-likeness (QED) is 0.498. The molecule has 4 bridgehead atoms. The van der Waals surface area contributed by atoms with E-state index in [4.69, 9.17) is 4.74 Å². The second-order valence-electron chi connectivity index (χ2n) is 10.7. The van der Waals surface area contributed by atoms with Gasteiger partial charge in [-0.3, -0.25) is 9.59 Å². The van der Waals surface area contributed by atoms with Crippen molar-refractivity contribution in [2.45, 2.75) is 64.6 Å². The summed E-state index contributed by atoms with van der Waals surface area (Å²) in [5.74, 6) is -2.54. The van der Waals surface area contributed by atoms with Crippen molar-refractivity contribution < 1.29 is 34.4 Å². The molecule has 0 radical (unpaired) electrons. The molecule has 0 aromatic heterocycles. The smallest absolute Gasteiger partial charge is 0.339 e. The number of ether oxygens (including phenoxy) is 1. The van der Waals surface area contributed by atoms with Gasteiger partial charge in [0.05, 0.1) is 11.7 Å². The van der Waals surface area contributed by atoms with E-state index in [0.29, 0.717) is 5.92 Å². The summed E-state index contributed by atoms with van der Waals surface area (Å²) in [5.41, 5.74) is -0.637. The molecule has 8 heteroatoms. The Kier molecular flexibility index (Phi) is 4.54. The number of hydrogen-bond donors (Lipinski definition) is 4. The number of hydrogen-bond acceptors (Lipinski definition) is 6. The summed E-state index contributed by atoms with van der Waals surface area (Å²) in [7, 11) is 0. The van der Waals surface area contributed by atoms with Crippen molar-refractivity contribution in [3.63, 3.8) is 0 Å². The molecule has 6 rings (SSSR count). The Bertz CT molecular complexity index is 1130. The number of phenolic OH excluding ortho intramolecular Hbond substituents is 1. The fraction of sp³-hybridized carbons (Fsp3) is 0.560. The van der Waals surface area contributed by atoms with E-state index in [0.717, 1.165) is 37.0 Å². The van der Waals surface area contributed by atoms with Crippen LogP contribution in [0.2, 0.25) is 0 Å². The molecule has 2 saturated heterocycles. The minimum Gasteiger partial charge on any atom is -0.506 e. The highest BCUT2D eigenvalue weighted by Crippen LogP contribution is 2.73. The van der Waals surface area contributed by atoms with Crippen molar-refractivity contribution in [1.82, 2.24) is 0 Å². The van der Waals surface area contributed by atoms with Crippen LogP contribution in [-0.4, -0.2) is 44.7 Å². The molecule has 0 unspecified atom stereocenters. The van der Waals surface area contributed by atoms with E-state index in [1.165, 1.54) is 0 Å². The fourth-order valence-corrected chi connectivity index (χ4v) is 7.39. The Hall–Kier alpha value is -2.87. The second kappa shape index (κ2) is 6.82. The van der Waals surface area contributed by atoms with Gasteiger partial charge in [-0.25, -0.2) is 4.79 Å². The highest BCUT2D eigenvalue weighted by atomic mass is 16.5. The van der Waals surface area contributed by atoms with Crippen LogP contribution in [0.15, 0.2) is 23.8 Å². The molecule has 1 spiro atoms. The number of benzene rings is 1. The number of carboxylic acids is 1. The first kappa shape index (κ1) is 21.9. The van der Waals surface area contributed by atoms with Gasteiger partial charge in [0, 0.05) is 23.2 Å². The third kappa shape index (κ3) is 2.89. The minimum atomic E-state index is -1.38. The molecule has 33 heavy (non-hydrogen) atoms. The van der Waals surface area contributed by atoms with E-state index >= 15 is 0 Å². The molecule has 1 aromatic carbocycles. The maximum Gasteiger partial charge on any atom is 0.339 e. The Labute approximate surface area is 191 Å². The van der Waals surface area contributed by atoms with E-state index in [-0.39, 0.29) is 47.4 Å². The second-order valence-corrected chi connectivity index (χ2v) is 10.7. The minimum absolute atomic E-state index is 0.000677. The maximum absolute atomic E-state index is 13.3. The van der Waals surface area contributed by atoms with Crippen molar-refractivity contribution >= 4 is 23.3 Å². The zero-order chi connectivity index (χ0) is 23.9. The third-order valence-electron chi connectivity index (χ3n) is 8.95. The number of nitrogens with one attached hydrogen (secondary N) is 1. The van der Waals surface area contributed by atoms with E-state index in [1.54, 1.807) is 6.08 Å². The van der Waals surface area contributed by atoms with E-state index in [9.17, 15) is 29.7 Å². The van der Waals surface area contributed by atoms with Gasteiger partial charge in [0.15, 0.2) is 11.5 Å². The molecule has 3 aliphatic carbocycles. The SMILES string of the molecule is CC1=CC(=O)[C@@](C)(CCC(=O)Nc2c(O)ccc(C(=O)O)c2O)[C@@H]2[C@@H]3C[C@@H]4C[C@]12C[C@]4(C)O3. The average Bonchev–Trinajstić information content (AvgIpc) is 3.10. The fourth-order valence-electron chi connectivity index (χ4n) is 7.39. The molecule has 2 heterocycles. The van der Waals surface area contributed by atoms with E-state index in [1.807, 2.05) is 6.92 Å². The maximum atomic E-state index is 13.3. The average molecular weight is 456 g/mol. The Balaban J connectivity index is 1.38. The van der Waals surface area contributed by atoms with Crippen LogP contribution < -0.4 is 5.32 Å². The van der Waals surface area contributed by atoms with Crippen LogP contribution in [0, 0.1) is 22.7 Å². The normalized spacial score (nSPS) is 38.2. The number of ketones is 1. The van der Waals surface area contributed by atoms with Gasteiger partial charge < -0.3 is 25.4 Å². The van der Waals surface area contributed by atoms with Gasteiger partial charge in [0.25, 0.3) is 0 Å². The lowest BCUT2D eigenvalue weighted by atomic mass is 9.48. The first-order valence-corrected chi connectivity index (χ1v) is 11.4. The summed E-state index contributed by atoms with van der Waals surface area (Å²) in [6, 6.07) is 2.16. The number of amides is 1. The lowest BCUT2D eigenvalue weighted by Gasteiger charge is -2.57. The zero-order valence-electron chi connectivity index (χ0n) is 19.0. The molecule has 5 aliphatic rings. The largest absolute Gasteiger partial charge is 0.506 e. The van der Waals surface area contributed by atoms with Crippen LogP contribution in [-0.2, 0) is 14.3 Å². The van der Waals surface area contributed by atoms with Crippen molar-refractivity contribution in [2.75, 3.05) is 5.32 Å². The molecule has 4 N–H and O–H groups in total. The summed E-state index contributed by atoms with van der Waals surface area (Å²) in [6.07, 6.45) is 4.86. The Morgan fingerprint density at radius 3 is 2.64 bits per heavy atom. The van der Waals surface area contributed by atoms with Gasteiger partial charge >= 0.3 is 5.97 Å². The summed E-state index contributed by atoms with van der Waals surface area (Å²) >= 11 is 0. The number of aromatic carboxylic acids is 1. The van der Waals surface area contributed by atoms with E-state index < -0.39 is 34.4 Å². The van der Waals surface area contributed by atoms with Crippen molar-refractivity contribution in [1.29, 1.82) is 0 Å². The highest BCUT2D eigenvalue weighted by Gasteiger charge is 2.72. The lowest BCUT2D eigenvalue weighted by molar-refractivity contribution is -0.171. The van der Waals surface area contributed by atoms with Crippen molar-refractivity contribution in [3.8, 4) is 11.5 Å². The standard InChI is InChI=1S/C25H29NO7/c1-12-8-17(28)23(2,21-16-9-13-10-25(12,21)11-24(13,3)33-16)7-6-18(29)26-19-15(27)5-4-14(20(19)30)22(31)32/h4-5,8,13,16,21,27,30H,6-7,9-11H2,1-3H3,(H,26,29)(H,31,32)/t13-,16+,21+,23-,24+,25+/m1/s1. The van der Waals surface area contributed by atoms with Crippen molar-refractivity contribution in [3.05, 3.63) is 29.3 Å². The first-order chi connectivity index (χ1) is 15.4. The van der Waals surface area contributed by atoms with Crippen LogP contribution in [0.3, 0.4) is 0 Å². The number of aromatic hydroxyl groups is 2. The van der Waals surface area contributed by atoms with E-state index in [2.05, 4.69) is 19.2 Å². The monoisotopic (exact) mass is 455 g/mol. The number of carbonyl (C=O) groups is 3. The van der Waals surface area contributed by atoms with Crippen LogP contribution >= 0.6 is 0 Å². The number of phenols is 2. The molecule has 1 amide bonds. The zero-order valence-corrected chi connectivity index (χ0v) is 19.0. The molecule has 8 nitrogen and oxygen atoms in total. The number of rotatable bonds is 5. The number of carboxylic acid groups (broad SMARTS) is 1. The van der Waals surface area contributed by atoms with Crippen LogP contribution in [0.5, 0.6) is 11.5 Å². The molecule has 4 fully saturated rings. The highest BCUT2D eigenvalue weighted by molar-refractivity contribution is 6.00. The Morgan fingerprint density at radius 1 is 1.24 bits per heavy atom. The predicted octanol–water partition coefficient (Wildman–Crippen LogP) is 3.62. The predicted molar refractivity (Wildman–Crippen MR) is 118 cm³/mol. The molecular formula is C25H29NO7. The third-order valence-corrected chi connectivity index (χ3v) is 8.95. The topological polar surface area (TPSA) is 133 Å². The Morgan fingerprint density at radius 2 is 1.97 bits per heavy atom. The molecule has 2 saturated carbocycles. The summed E-state index contributed by atoms with van der Waals surface area (Å²) in [5, 5.41) is 31.8. The molecular weight excluding hydrogens is 426 g/mol. The first-order valence-electron chi connectivity index (χ1n) is 11.4. The lowest BCUT2D eigenvalue weighted by Crippen LogP contribution is -2.58. The molecule has 1 aromatic rings. The molecule has 176 valence electrons. The van der Waals surface area contributed by atoms with Crippen LogP contribution in [0.4, 0.5) is 5.69 Å². The molecule has 2 aliphatic heterocycles. The van der Waals surface area contributed by atoms with Gasteiger partial charge in [0.1, 0.15) is 17.0 Å². The van der Waals surface area contributed by atoms with Gasteiger partial charge in [-0.2, -0.15) is 0 Å². The van der Waals surface area contributed by atoms with Gasteiger partial charge in [-0.1, -0.05) is 12.5 Å². The number of allylic oxidation sites excluding steroid dienone is 2.